The molecule has 1 N–H and O–H groups in total. The number of nitrogens with zero attached hydrogens (tertiary/aromatic N) is 2. The molecule has 1 unspecified atom stereocenters. The molecule has 3 amide bonds. The van der Waals surface area contributed by atoms with Gasteiger partial charge < -0.3 is 4.90 Å². The van der Waals surface area contributed by atoms with Crippen LogP contribution in [0.2, 0.25) is 0 Å². The molecule has 0 saturated carbocycles. The van der Waals surface area contributed by atoms with E-state index < -0.39 is 11.9 Å². The Balaban J connectivity index is 2.00. The second kappa shape index (κ2) is 6.03. The quantitative estimate of drug-likeness (QED) is 0.872. The van der Waals surface area contributed by atoms with E-state index in [0.717, 1.165) is 16.5 Å². The summed E-state index contributed by atoms with van der Waals surface area (Å²) in [5, 5.41) is 3.12. The molecule has 1 aromatic heterocycles. The second-order valence-electron chi connectivity index (χ2n) is 6.04. The zero-order valence-corrected chi connectivity index (χ0v) is 13.9. The van der Waals surface area contributed by atoms with Crippen molar-refractivity contribution >= 4 is 28.6 Å². The third-order valence-electron chi connectivity index (χ3n) is 4.32. The largest absolute Gasteiger partial charge is 0.326 e. The highest BCUT2D eigenvalue weighted by Crippen LogP contribution is 2.21. The molecule has 1 aromatic carbocycles. The molecule has 1 fully saturated rings. The number of imide groups is 1. The predicted molar refractivity (Wildman–Crippen MR) is 89.5 cm³/mol. The van der Waals surface area contributed by atoms with E-state index in [1.54, 1.807) is 19.9 Å². The Hall–Kier alpha value is -2.76. The molecule has 124 valence electrons. The average molecular weight is 325 g/mol. The maximum Gasteiger partial charge on any atom is 0.256 e. The number of hydrogen-bond donors (Lipinski definition) is 1. The van der Waals surface area contributed by atoms with Crippen molar-refractivity contribution in [3.05, 3.63) is 41.1 Å². The minimum absolute atomic E-state index is 0.0116. The Morgan fingerprint density at radius 2 is 2.04 bits per heavy atom. The Morgan fingerprint density at radius 3 is 2.67 bits per heavy atom. The molecule has 6 nitrogen and oxygen atoms in total. The Labute approximate surface area is 139 Å². The highest BCUT2D eigenvalue weighted by molar-refractivity contribution is 6.08. The molecule has 0 radical (unpaired) electrons. The van der Waals surface area contributed by atoms with Crippen LogP contribution in [0.25, 0.3) is 10.9 Å². The molecule has 24 heavy (non-hydrogen) atoms. The van der Waals surface area contributed by atoms with Crippen molar-refractivity contribution < 1.29 is 14.4 Å². The first-order chi connectivity index (χ1) is 11.4. The lowest BCUT2D eigenvalue weighted by Crippen LogP contribution is -2.44. The van der Waals surface area contributed by atoms with Gasteiger partial charge in [-0.2, -0.15) is 0 Å². The van der Waals surface area contributed by atoms with E-state index in [1.165, 1.54) is 4.90 Å². The molecule has 3 rings (SSSR count). The second-order valence-corrected chi connectivity index (χ2v) is 6.04. The summed E-state index contributed by atoms with van der Waals surface area (Å²) in [6, 6.07) is 6.92. The summed E-state index contributed by atoms with van der Waals surface area (Å²) >= 11 is 0. The first-order valence-corrected chi connectivity index (χ1v) is 7.93. The standard InChI is InChI=1S/C18H19N3O3/c1-4-21(15-9-16(22)20-17(15)23)18(24)13-8-12-6-5-10(2)7-14(12)19-11(13)3/h5-8,15H,4,9H2,1-3H3,(H,20,22,23). The molecule has 2 aromatic rings. The van der Waals surface area contributed by atoms with Crippen LogP contribution in [0, 0.1) is 13.8 Å². The molecular weight excluding hydrogens is 306 g/mol. The topological polar surface area (TPSA) is 79.4 Å². The Morgan fingerprint density at radius 1 is 1.29 bits per heavy atom. The molecule has 1 saturated heterocycles. The van der Waals surface area contributed by atoms with Gasteiger partial charge in [-0.05, 0) is 38.5 Å². The van der Waals surface area contributed by atoms with Gasteiger partial charge in [-0.3, -0.25) is 24.7 Å². The van der Waals surface area contributed by atoms with E-state index in [9.17, 15) is 14.4 Å². The number of carbonyl (C=O) groups is 3. The number of aryl methyl sites for hydroxylation is 2. The van der Waals surface area contributed by atoms with Gasteiger partial charge in [0.2, 0.25) is 11.8 Å². The summed E-state index contributed by atoms with van der Waals surface area (Å²) in [5.74, 6) is -1.04. The first kappa shape index (κ1) is 16.1. The highest BCUT2D eigenvalue weighted by Gasteiger charge is 2.37. The number of carbonyl (C=O) groups excluding carboxylic acids is 3. The number of rotatable bonds is 3. The van der Waals surface area contributed by atoms with Crippen molar-refractivity contribution in [3.63, 3.8) is 0 Å². The normalized spacial score (nSPS) is 17.2. The molecule has 1 aliphatic heterocycles. The van der Waals surface area contributed by atoms with Gasteiger partial charge in [0.1, 0.15) is 6.04 Å². The van der Waals surface area contributed by atoms with Gasteiger partial charge in [-0.25, -0.2) is 0 Å². The lowest BCUT2D eigenvalue weighted by Gasteiger charge is -2.26. The molecule has 2 heterocycles. The summed E-state index contributed by atoms with van der Waals surface area (Å²) < 4.78 is 0. The van der Waals surface area contributed by atoms with Gasteiger partial charge in [0.25, 0.3) is 5.91 Å². The Bertz CT molecular complexity index is 860. The maximum atomic E-state index is 12.9. The van der Waals surface area contributed by atoms with Gasteiger partial charge in [-0.1, -0.05) is 12.1 Å². The van der Waals surface area contributed by atoms with Gasteiger partial charge in [0, 0.05) is 11.9 Å². The van der Waals surface area contributed by atoms with Crippen molar-refractivity contribution in [1.82, 2.24) is 15.2 Å². The zero-order valence-electron chi connectivity index (χ0n) is 13.9. The Kier molecular flexibility index (Phi) is 4.05. The number of aromatic nitrogens is 1. The van der Waals surface area contributed by atoms with Gasteiger partial charge >= 0.3 is 0 Å². The first-order valence-electron chi connectivity index (χ1n) is 7.93. The van der Waals surface area contributed by atoms with Crippen LogP contribution in [-0.2, 0) is 9.59 Å². The molecule has 0 aliphatic carbocycles. The van der Waals surface area contributed by atoms with Gasteiger partial charge in [0.05, 0.1) is 23.2 Å². The van der Waals surface area contributed by atoms with Crippen LogP contribution < -0.4 is 5.32 Å². The van der Waals surface area contributed by atoms with E-state index in [1.807, 2.05) is 25.1 Å². The number of amides is 3. The summed E-state index contributed by atoms with van der Waals surface area (Å²) in [4.78, 5) is 42.2. The van der Waals surface area contributed by atoms with Crippen LogP contribution in [-0.4, -0.2) is 40.2 Å². The van der Waals surface area contributed by atoms with Crippen molar-refractivity contribution in [3.8, 4) is 0 Å². The summed E-state index contributed by atoms with van der Waals surface area (Å²) in [6.07, 6.45) is 0.0116. The fourth-order valence-electron chi connectivity index (χ4n) is 3.04. The van der Waals surface area contributed by atoms with Crippen LogP contribution in [0.15, 0.2) is 24.3 Å². The summed E-state index contributed by atoms with van der Waals surface area (Å²) in [5.41, 5.74) is 3.01. The predicted octanol–water partition coefficient (Wildman–Crippen LogP) is 1.73. The number of likely N-dealkylation sites (N-methyl/N-ethyl adjacent to an activating group) is 1. The van der Waals surface area contributed by atoms with E-state index in [4.69, 9.17) is 0 Å². The smallest absolute Gasteiger partial charge is 0.256 e. The third kappa shape index (κ3) is 2.75. The molecule has 0 bridgehead atoms. The lowest BCUT2D eigenvalue weighted by atomic mass is 10.1. The van der Waals surface area contributed by atoms with Crippen molar-refractivity contribution in [2.75, 3.05) is 6.54 Å². The van der Waals surface area contributed by atoms with E-state index >= 15 is 0 Å². The summed E-state index contributed by atoms with van der Waals surface area (Å²) in [7, 11) is 0. The van der Waals surface area contributed by atoms with E-state index in [2.05, 4.69) is 10.3 Å². The fourth-order valence-corrected chi connectivity index (χ4v) is 3.04. The molecule has 1 atom stereocenters. The van der Waals surface area contributed by atoms with Crippen LogP contribution in [0.1, 0.15) is 35.0 Å². The minimum atomic E-state index is -0.747. The van der Waals surface area contributed by atoms with Gasteiger partial charge in [-0.15, -0.1) is 0 Å². The number of hydrogen-bond acceptors (Lipinski definition) is 4. The van der Waals surface area contributed by atoms with Crippen molar-refractivity contribution in [1.29, 1.82) is 0 Å². The van der Waals surface area contributed by atoms with Crippen molar-refractivity contribution in [2.45, 2.75) is 33.2 Å². The van der Waals surface area contributed by atoms with Crippen LogP contribution in [0.3, 0.4) is 0 Å². The average Bonchev–Trinajstić information content (AvgIpc) is 2.85. The molecule has 0 spiro atoms. The monoisotopic (exact) mass is 325 g/mol. The summed E-state index contributed by atoms with van der Waals surface area (Å²) in [6.45, 7) is 5.91. The van der Waals surface area contributed by atoms with E-state index in [-0.39, 0.29) is 18.2 Å². The third-order valence-corrected chi connectivity index (χ3v) is 4.32. The maximum absolute atomic E-state index is 12.9. The molecule has 6 heteroatoms. The van der Waals surface area contributed by atoms with Crippen LogP contribution in [0.5, 0.6) is 0 Å². The lowest BCUT2D eigenvalue weighted by molar-refractivity contribution is -0.126. The van der Waals surface area contributed by atoms with E-state index in [0.29, 0.717) is 17.8 Å². The number of fused-ring (bicyclic) bond motifs is 1. The van der Waals surface area contributed by atoms with Crippen LogP contribution in [0.4, 0.5) is 0 Å². The minimum Gasteiger partial charge on any atom is -0.326 e. The number of benzene rings is 1. The van der Waals surface area contributed by atoms with Crippen LogP contribution >= 0.6 is 0 Å². The number of nitrogens with one attached hydrogen (secondary N) is 1. The highest BCUT2D eigenvalue weighted by atomic mass is 16.2. The number of pyridine rings is 1. The van der Waals surface area contributed by atoms with Gasteiger partial charge in [0.15, 0.2) is 0 Å². The molecule has 1 aliphatic rings. The zero-order chi connectivity index (χ0) is 17.4. The molecular formula is C18H19N3O3. The SMILES string of the molecule is CCN(C(=O)c1cc2ccc(C)cc2nc1C)C1CC(=O)NC1=O. The van der Waals surface area contributed by atoms with Crippen molar-refractivity contribution in [2.24, 2.45) is 0 Å². The fraction of sp³-hybridized carbons (Fsp3) is 0.333.